The van der Waals surface area contributed by atoms with Gasteiger partial charge in [0, 0.05) is 18.1 Å². The maximum atomic E-state index is 13.9. The lowest BCUT2D eigenvalue weighted by Crippen LogP contribution is -2.57. The fourth-order valence-electron chi connectivity index (χ4n) is 5.46. The van der Waals surface area contributed by atoms with Crippen molar-refractivity contribution in [1.29, 1.82) is 0 Å². The minimum Gasteiger partial charge on any atom is -0.480 e. The summed E-state index contributed by atoms with van der Waals surface area (Å²) >= 11 is 0. The van der Waals surface area contributed by atoms with Crippen LogP contribution in [0.5, 0.6) is 0 Å². The number of carbonyl (C=O) groups is 3. The lowest BCUT2D eigenvalue weighted by Gasteiger charge is -2.41. The molecule has 10 nitrogen and oxygen atoms in total. The summed E-state index contributed by atoms with van der Waals surface area (Å²) < 4.78 is 5.27. The number of nitrogens with one attached hydrogen (secondary N) is 1. The first-order valence-electron chi connectivity index (χ1n) is 12.6. The van der Waals surface area contributed by atoms with Crippen molar-refractivity contribution >= 4 is 23.5 Å². The molecule has 0 aliphatic carbocycles. The summed E-state index contributed by atoms with van der Waals surface area (Å²) in [5, 5.41) is 24.9. The fourth-order valence-corrected chi connectivity index (χ4v) is 5.46. The lowest BCUT2D eigenvalue weighted by molar-refractivity contribution is -0.385. The average molecular weight is 510 g/mol. The molecule has 2 heterocycles. The molecular weight excluding hydrogens is 478 g/mol. The maximum absolute atomic E-state index is 13.9. The Labute approximate surface area is 214 Å². The first kappa shape index (κ1) is 26.3. The number of nitro benzene ring substituents is 1. The van der Waals surface area contributed by atoms with Crippen molar-refractivity contribution in [2.45, 2.75) is 69.6 Å². The molecule has 0 spiro atoms. The average Bonchev–Trinajstić information content (AvgIpc) is 3.01. The first-order valence-corrected chi connectivity index (χ1v) is 12.6. The van der Waals surface area contributed by atoms with Crippen molar-refractivity contribution in [2.24, 2.45) is 0 Å². The number of fused-ring (bicyclic) bond motifs is 3. The van der Waals surface area contributed by atoms with E-state index in [0.29, 0.717) is 43.2 Å². The van der Waals surface area contributed by atoms with Gasteiger partial charge in [0.1, 0.15) is 12.1 Å². The van der Waals surface area contributed by atoms with Crippen LogP contribution in [0, 0.1) is 10.1 Å². The predicted molar refractivity (Wildman–Crippen MR) is 134 cm³/mol. The van der Waals surface area contributed by atoms with Crippen LogP contribution in [0.25, 0.3) is 0 Å². The molecule has 2 aromatic rings. The van der Waals surface area contributed by atoms with Crippen LogP contribution in [0.1, 0.15) is 55.3 Å². The maximum Gasteiger partial charge on any atom is 0.326 e. The summed E-state index contributed by atoms with van der Waals surface area (Å²) in [6.07, 6.45) is 2.22. The van der Waals surface area contributed by atoms with Gasteiger partial charge < -0.3 is 14.7 Å². The van der Waals surface area contributed by atoms with Gasteiger partial charge in [-0.2, -0.15) is 0 Å². The summed E-state index contributed by atoms with van der Waals surface area (Å²) in [5.74, 6) is -2.11. The number of hydrogen-bond donors (Lipinski definition) is 2. The Hall–Kier alpha value is -3.79. The molecule has 0 radical (unpaired) electrons. The highest BCUT2D eigenvalue weighted by Gasteiger charge is 2.46. The Balaban J connectivity index is 1.72. The van der Waals surface area contributed by atoms with Gasteiger partial charge in [-0.1, -0.05) is 42.5 Å². The number of carboxylic acid groups (broad SMARTS) is 1. The van der Waals surface area contributed by atoms with Gasteiger partial charge in [0.25, 0.3) is 5.69 Å². The topological polar surface area (TPSA) is 139 Å². The molecular formula is C27H31N3O7. The van der Waals surface area contributed by atoms with E-state index < -0.39 is 46.9 Å². The van der Waals surface area contributed by atoms with E-state index in [1.807, 2.05) is 30.3 Å². The molecule has 4 atom stereocenters. The number of aliphatic carboxylic acids is 1. The number of nitro groups is 1. The van der Waals surface area contributed by atoms with E-state index in [-0.39, 0.29) is 18.7 Å². The van der Waals surface area contributed by atoms with Gasteiger partial charge >= 0.3 is 11.9 Å². The van der Waals surface area contributed by atoms with Crippen LogP contribution in [0.15, 0.2) is 48.5 Å². The van der Waals surface area contributed by atoms with Gasteiger partial charge in [0.05, 0.1) is 23.6 Å². The van der Waals surface area contributed by atoms with Crippen molar-refractivity contribution in [3.05, 3.63) is 75.3 Å². The van der Waals surface area contributed by atoms with Crippen LogP contribution < -0.4 is 5.32 Å². The van der Waals surface area contributed by atoms with Crippen molar-refractivity contribution in [3.63, 3.8) is 0 Å². The van der Waals surface area contributed by atoms with Crippen molar-refractivity contribution in [1.82, 2.24) is 10.2 Å². The standard InChI is InChI=1S/C27H31N3O7/c1-2-37-27(34)20(15-14-17-8-4-3-5-9-17)28-21-16-19-18(10-6-12-23(19)30(35)36)22-11-7-13-24(26(32)33)29(22)25(21)31/h3-6,8-10,12,20-22,24,28H,2,7,11,13-16H2,1H3,(H,32,33)/t20-,21+,22-,24+/m0/s1. The number of carbonyl (C=O) groups excluding carboxylic acids is 2. The summed E-state index contributed by atoms with van der Waals surface area (Å²) in [4.78, 5) is 51.7. The highest BCUT2D eigenvalue weighted by molar-refractivity contribution is 5.89. The van der Waals surface area contributed by atoms with Gasteiger partial charge in [0.15, 0.2) is 0 Å². The van der Waals surface area contributed by atoms with E-state index in [1.165, 1.54) is 11.0 Å². The van der Waals surface area contributed by atoms with Crippen molar-refractivity contribution in [2.75, 3.05) is 6.61 Å². The SMILES string of the molecule is CCOC(=O)[C@H](CCc1ccccc1)N[C@@H]1Cc2c(cccc2[N+](=O)[O-])[C@@H]2CCC[C@H](C(=O)O)N2C1=O. The van der Waals surface area contributed by atoms with E-state index >= 15 is 0 Å². The summed E-state index contributed by atoms with van der Waals surface area (Å²) in [5.41, 5.74) is 1.87. The molecule has 1 fully saturated rings. The van der Waals surface area contributed by atoms with Gasteiger partial charge in [-0.15, -0.1) is 0 Å². The highest BCUT2D eigenvalue weighted by atomic mass is 16.6. The third kappa shape index (κ3) is 5.64. The molecule has 0 aromatic heterocycles. The van der Waals surface area contributed by atoms with E-state index in [0.717, 1.165) is 5.56 Å². The Morgan fingerprint density at radius 2 is 1.95 bits per heavy atom. The predicted octanol–water partition coefficient (Wildman–Crippen LogP) is 3.18. The first-order chi connectivity index (χ1) is 17.8. The number of aryl methyl sites for hydroxylation is 1. The Kier molecular flexibility index (Phi) is 8.17. The number of benzene rings is 2. The second kappa shape index (κ2) is 11.5. The summed E-state index contributed by atoms with van der Waals surface area (Å²) in [6, 6.07) is 10.7. The van der Waals surface area contributed by atoms with E-state index in [9.17, 15) is 29.6 Å². The molecule has 0 saturated carbocycles. The smallest absolute Gasteiger partial charge is 0.326 e. The normalized spacial score (nSPS) is 21.8. The van der Waals surface area contributed by atoms with Crippen LogP contribution in [-0.2, 0) is 32.0 Å². The van der Waals surface area contributed by atoms with Crippen LogP contribution in [0.3, 0.4) is 0 Å². The van der Waals surface area contributed by atoms with E-state index in [4.69, 9.17) is 4.74 Å². The van der Waals surface area contributed by atoms with Crippen LogP contribution in [-0.4, -0.2) is 57.5 Å². The Morgan fingerprint density at radius 3 is 2.62 bits per heavy atom. The molecule has 4 rings (SSSR count). The number of ether oxygens (including phenoxy) is 1. The van der Waals surface area contributed by atoms with Crippen LogP contribution in [0.2, 0.25) is 0 Å². The number of hydrogen-bond acceptors (Lipinski definition) is 7. The van der Waals surface area contributed by atoms with Gasteiger partial charge in [-0.05, 0) is 50.2 Å². The molecule has 2 aliphatic heterocycles. The third-order valence-corrected chi connectivity index (χ3v) is 7.15. The van der Waals surface area contributed by atoms with Crippen LogP contribution >= 0.6 is 0 Å². The number of rotatable bonds is 9. The van der Waals surface area contributed by atoms with E-state index in [1.54, 1.807) is 19.1 Å². The second-order valence-electron chi connectivity index (χ2n) is 9.40. The monoisotopic (exact) mass is 509 g/mol. The van der Waals surface area contributed by atoms with Crippen molar-refractivity contribution in [3.8, 4) is 0 Å². The molecule has 0 bridgehead atoms. The molecule has 37 heavy (non-hydrogen) atoms. The second-order valence-corrected chi connectivity index (χ2v) is 9.40. The molecule has 2 aromatic carbocycles. The number of piperidine rings is 1. The molecule has 196 valence electrons. The van der Waals surface area contributed by atoms with Crippen LogP contribution in [0.4, 0.5) is 5.69 Å². The Morgan fingerprint density at radius 1 is 1.19 bits per heavy atom. The molecule has 1 amide bonds. The summed E-state index contributed by atoms with van der Waals surface area (Å²) in [7, 11) is 0. The number of amides is 1. The van der Waals surface area contributed by atoms with E-state index in [2.05, 4.69) is 5.32 Å². The minimum absolute atomic E-state index is 0.0358. The highest BCUT2D eigenvalue weighted by Crippen LogP contribution is 2.41. The number of esters is 1. The zero-order chi connectivity index (χ0) is 26.5. The third-order valence-electron chi connectivity index (χ3n) is 7.15. The largest absolute Gasteiger partial charge is 0.480 e. The molecule has 1 saturated heterocycles. The molecule has 2 aliphatic rings. The zero-order valence-electron chi connectivity index (χ0n) is 20.7. The number of carboxylic acids is 1. The Bertz CT molecular complexity index is 1170. The molecule has 0 unspecified atom stereocenters. The number of nitrogens with zero attached hydrogens (tertiary/aromatic N) is 2. The summed E-state index contributed by atoms with van der Waals surface area (Å²) in [6.45, 7) is 1.85. The van der Waals surface area contributed by atoms with Crippen molar-refractivity contribution < 1.29 is 29.2 Å². The quantitative estimate of drug-likeness (QED) is 0.299. The minimum atomic E-state index is -1.11. The lowest BCUT2D eigenvalue weighted by atomic mass is 9.88. The fraction of sp³-hybridized carbons (Fsp3) is 0.444. The molecule has 10 heteroatoms. The van der Waals surface area contributed by atoms with Gasteiger partial charge in [-0.3, -0.25) is 25.0 Å². The van der Waals surface area contributed by atoms with Gasteiger partial charge in [0.2, 0.25) is 5.91 Å². The molecule has 2 N–H and O–H groups in total. The zero-order valence-corrected chi connectivity index (χ0v) is 20.7. The van der Waals surface area contributed by atoms with Gasteiger partial charge in [-0.25, -0.2) is 4.79 Å².